The Morgan fingerprint density at radius 3 is 2.38 bits per heavy atom. The van der Waals surface area contributed by atoms with E-state index in [-0.39, 0.29) is 6.04 Å². The van der Waals surface area contributed by atoms with Gasteiger partial charge in [0.15, 0.2) is 0 Å². The number of halogens is 2. The van der Waals surface area contributed by atoms with Gasteiger partial charge in [0.05, 0.1) is 16.1 Å². The summed E-state index contributed by atoms with van der Waals surface area (Å²) in [6.45, 7) is 0.811. The summed E-state index contributed by atoms with van der Waals surface area (Å²) in [4.78, 5) is 27.7. The average molecular weight is 363 g/mol. The van der Waals surface area contributed by atoms with Crippen LogP contribution in [0.2, 0.25) is 10.0 Å². The van der Waals surface area contributed by atoms with Crippen LogP contribution in [-0.2, 0) is 16.1 Å². The number of amides is 2. The minimum atomic E-state index is -0.520. The highest BCUT2D eigenvalue weighted by Crippen LogP contribution is 2.31. The molecule has 4 nitrogen and oxygen atoms in total. The van der Waals surface area contributed by atoms with Crippen LogP contribution in [0, 0.1) is 0 Å². The van der Waals surface area contributed by atoms with Crippen LogP contribution in [0.15, 0.2) is 48.5 Å². The molecule has 0 aliphatic carbocycles. The normalized spacial score (nSPS) is 18.2. The molecule has 24 heavy (non-hydrogen) atoms. The van der Waals surface area contributed by atoms with Crippen LogP contribution in [0.3, 0.4) is 0 Å². The maximum atomic E-state index is 12.3. The molecule has 1 fully saturated rings. The summed E-state index contributed by atoms with van der Waals surface area (Å²) in [6, 6.07) is 14.6. The van der Waals surface area contributed by atoms with Gasteiger partial charge in [0.2, 0.25) is 0 Å². The standard InChI is InChI=1S/C18H16Cl2N2O2/c1-21-16(13-7-8-14(19)15(20)9-13)11-22(18(24)17(21)23)10-12-5-3-2-4-6-12/h2-9,16H,10-11H2,1H3. The molecule has 1 saturated heterocycles. The molecule has 1 unspecified atom stereocenters. The number of piperazine rings is 1. The van der Waals surface area contributed by atoms with Gasteiger partial charge in [0.1, 0.15) is 0 Å². The smallest absolute Gasteiger partial charge is 0.312 e. The molecule has 0 spiro atoms. The van der Waals surface area contributed by atoms with Gasteiger partial charge in [-0.2, -0.15) is 0 Å². The monoisotopic (exact) mass is 362 g/mol. The van der Waals surface area contributed by atoms with Crippen LogP contribution in [0.1, 0.15) is 17.2 Å². The summed E-state index contributed by atoms with van der Waals surface area (Å²) in [6.07, 6.45) is 0. The summed E-state index contributed by atoms with van der Waals surface area (Å²) < 4.78 is 0. The number of carbonyl (C=O) groups excluding carboxylic acids is 2. The third-order valence-electron chi connectivity index (χ3n) is 4.20. The molecule has 0 N–H and O–H groups in total. The molecule has 0 saturated carbocycles. The van der Waals surface area contributed by atoms with Gasteiger partial charge in [-0.05, 0) is 23.3 Å². The van der Waals surface area contributed by atoms with Crippen molar-refractivity contribution in [3.63, 3.8) is 0 Å². The lowest BCUT2D eigenvalue weighted by atomic mass is 10.0. The van der Waals surface area contributed by atoms with E-state index in [4.69, 9.17) is 23.2 Å². The predicted octanol–water partition coefficient (Wildman–Crippen LogP) is 3.54. The van der Waals surface area contributed by atoms with Crippen molar-refractivity contribution in [3.05, 3.63) is 69.7 Å². The maximum absolute atomic E-state index is 12.3. The zero-order valence-electron chi connectivity index (χ0n) is 13.1. The number of benzene rings is 2. The molecule has 2 amide bonds. The molecule has 0 radical (unpaired) electrons. The van der Waals surface area contributed by atoms with E-state index in [9.17, 15) is 9.59 Å². The fourth-order valence-electron chi connectivity index (χ4n) is 2.83. The molecule has 1 heterocycles. The van der Waals surface area contributed by atoms with Crippen LogP contribution in [0.5, 0.6) is 0 Å². The number of hydrogen-bond acceptors (Lipinski definition) is 2. The quantitative estimate of drug-likeness (QED) is 0.783. The van der Waals surface area contributed by atoms with E-state index < -0.39 is 11.8 Å². The minimum absolute atomic E-state index is 0.256. The number of likely N-dealkylation sites (N-methyl/N-ethyl adjacent to an activating group) is 1. The first kappa shape index (κ1) is 16.8. The first-order valence-corrected chi connectivity index (χ1v) is 8.28. The summed E-state index contributed by atoms with van der Waals surface area (Å²) in [5.74, 6) is -1.01. The largest absolute Gasteiger partial charge is 0.329 e. The van der Waals surface area contributed by atoms with Crippen molar-refractivity contribution in [3.8, 4) is 0 Å². The molecule has 3 rings (SSSR count). The zero-order valence-corrected chi connectivity index (χ0v) is 14.6. The van der Waals surface area contributed by atoms with Crippen molar-refractivity contribution >= 4 is 35.0 Å². The van der Waals surface area contributed by atoms with Crippen LogP contribution >= 0.6 is 23.2 Å². The fourth-order valence-corrected chi connectivity index (χ4v) is 3.14. The van der Waals surface area contributed by atoms with E-state index in [1.165, 1.54) is 4.90 Å². The van der Waals surface area contributed by atoms with E-state index in [2.05, 4.69) is 0 Å². The van der Waals surface area contributed by atoms with Crippen LogP contribution in [0.25, 0.3) is 0 Å². The van der Waals surface area contributed by atoms with Crippen molar-refractivity contribution in [2.75, 3.05) is 13.6 Å². The SMILES string of the molecule is CN1C(=O)C(=O)N(Cc2ccccc2)CC1c1ccc(Cl)c(Cl)c1. The van der Waals surface area contributed by atoms with E-state index in [1.54, 1.807) is 24.1 Å². The number of carbonyl (C=O) groups is 2. The van der Waals surface area contributed by atoms with E-state index in [0.717, 1.165) is 11.1 Å². The summed E-state index contributed by atoms with van der Waals surface area (Å²) >= 11 is 12.1. The van der Waals surface area contributed by atoms with Gasteiger partial charge in [-0.15, -0.1) is 0 Å². The fraction of sp³-hybridized carbons (Fsp3) is 0.222. The molecule has 6 heteroatoms. The summed E-state index contributed by atoms with van der Waals surface area (Å²) in [7, 11) is 1.63. The van der Waals surface area contributed by atoms with Crippen molar-refractivity contribution in [2.45, 2.75) is 12.6 Å². The van der Waals surface area contributed by atoms with Gasteiger partial charge in [-0.25, -0.2) is 0 Å². The van der Waals surface area contributed by atoms with E-state index >= 15 is 0 Å². The van der Waals surface area contributed by atoms with Gasteiger partial charge in [0, 0.05) is 20.1 Å². The highest BCUT2D eigenvalue weighted by molar-refractivity contribution is 6.42. The third-order valence-corrected chi connectivity index (χ3v) is 4.94. The second-order valence-electron chi connectivity index (χ2n) is 5.78. The number of rotatable bonds is 3. The van der Waals surface area contributed by atoms with Crippen molar-refractivity contribution in [2.24, 2.45) is 0 Å². The molecule has 2 aromatic rings. The van der Waals surface area contributed by atoms with Crippen molar-refractivity contribution in [1.82, 2.24) is 9.80 Å². The first-order valence-electron chi connectivity index (χ1n) is 7.52. The maximum Gasteiger partial charge on any atom is 0.312 e. The minimum Gasteiger partial charge on any atom is -0.329 e. The highest BCUT2D eigenvalue weighted by atomic mass is 35.5. The van der Waals surface area contributed by atoms with Gasteiger partial charge >= 0.3 is 11.8 Å². The van der Waals surface area contributed by atoms with Crippen molar-refractivity contribution < 1.29 is 9.59 Å². The van der Waals surface area contributed by atoms with Crippen LogP contribution < -0.4 is 0 Å². The Balaban J connectivity index is 1.88. The lowest BCUT2D eigenvalue weighted by molar-refractivity contribution is -0.158. The topological polar surface area (TPSA) is 40.6 Å². The van der Waals surface area contributed by atoms with E-state index in [0.29, 0.717) is 23.1 Å². The highest BCUT2D eigenvalue weighted by Gasteiger charge is 2.37. The van der Waals surface area contributed by atoms with Crippen LogP contribution in [-0.4, -0.2) is 35.2 Å². The average Bonchev–Trinajstić information content (AvgIpc) is 2.59. The molecular weight excluding hydrogens is 347 g/mol. The van der Waals surface area contributed by atoms with Gasteiger partial charge in [-0.1, -0.05) is 59.6 Å². The Labute approximate surface area is 150 Å². The van der Waals surface area contributed by atoms with Crippen LogP contribution in [0.4, 0.5) is 0 Å². The number of hydrogen-bond donors (Lipinski definition) is 0. The Bertz CT molecular complexity index is 780. The Kier molecular flexibility index (Phi) is 4.78. The van der Waals surface area contributed by atoms with Gasteiger partial charge < -0.3 is 9.80 Å². The lowest BCUT2D eigenvalue weighted by Crippen LogP contribution is -2.53. The summed E-state index contributed by atoms with van der Waals surface area (Å²) in [5.41, 5.74) is 1.84. The molecule has 1 aliphatic rings. The molecule has 0 bridgehead atoms. The summed E-state index contributed by atoms with van der Waals surface area (Å²) in [5, 5.41) is 0.893. The van der Waals surface area contributed by atoms with E-state index in [1.807, 2.05) is 36.4 Å². The van der Waals surface area contributed by atoms with Crippen molar-refractivity contribution in [1.29, 1.82) is 0 Å². The predicted molar refractivity (Wildman–Crippen MR) is 93.8 cm³/mol. The molecule has 1 atom stereocenters. The molecule has 124 valence electrons. The van der Waals surface area contributed by atoms with Gasteiger partial charge in [-0.3, -0.25) is 9.59 Å². The first-order chi connectivity index (χ1) is 11.5. The molecule has 2 aromatic carbocycles. The second-order valence-corrected chi connectivity index (χ2v) is 6.59. The zero-order chi connectivity index (χ0) is 17.3. The third kappa shape index (κ3) is 3.25. The number of nitrogens with zero attached hydrogens (tertiary/aromatic N) is 2. The molecular formula is C18H16Cl2N2O2. The molecule has 0 aromatic heterocycles. The molecule has 1 aliphatic heterocycles. The van der Waals surface area contributed by atoms with Gasteiger partial charge in [0.25, 0.3) is 0 Å². The second kappa shape index (κ2) is 6.83. The Morgan fingerprint density at radius 1 is 1.00 bits per heavy atom. The Hall–Kier alpha value is -2.04. The Morgan fingerprint density at radius 2 is 1.71 bits per heavy atom. The lowest BCUT2D eigenvalue weighted by Gasteiger charge is -2.38.